The molecule has 0 fully saturated rings. The van der Waals surface area contributed by atoms with E-state index in [9.17, 15) is 14.4 Å². The molecule has 170 valence electrons. The van der Waals surface area contributed by atoms with Gasteiger partial charge in [-0.2, -0.15) is 0 Å². The number of aliphatic hydroxyl groups is 1. The lowest BCUT2D eigenvalue weighted by Crippen LogP contribution is -2.45. The topological polar surface area (TPSA) is 105 Å². The van der Waals surface area contributed by atoms with Gasteiger partial charge in [0.1, 0.15) is 6.61 Å². The number of hydrogen-bond acceptors (Lipinski definition) is 5. The molecule has 0 radical (unpaired) electrons. The quantitative estimate of drug-likeness (QED) is 0.293. The van der Waals surface area contributed by atoms with Crippen LogP contribution in [-0.2, 0) is 25.5 Å². The van der Waals surface area contributed by atoms with Gasteiger partial charge in [0.05, 0.1) is 18.6 Å². The number of aliphatic hydroxyl groups excluding tert-OH is 1. The Hall–Kier alpha value is -2.93. The fraction of sp³-hybridized carbons (Fsp3) is 0.458. The number of carbonyl (C=O) groups excluding carboxylic acids is 3. The van der Waals surface area contributed by atoms with Crippen LogP contribution in [0.15, 0.2) is 55.6 Å². The number of ether oxygens (including phenoxy) is 1. The van der Waals surface area contributed by atoms with E-state index in [2.05, 4.69) is 23.8 Å². The zero-order valence-corrected chi connectivity index (χ0v) is 18.2. The summed E-state index contributed by atoms with van der Waals surface area (Å²) in [6.07, 6.45) is 4.77. The average molecular weight is 431 g/mol. The maximum atomic E-state index is 12.9. The molecule has 2 amide bonds. The van der Waals surface area contributed by atoms with Crippen molar-refractivity contribution in [2.24, 2.45) is 5.92 Å². The average Bonchev–Trinajstić information content (AvgIpc) is 2.76. The van der Waals surface area contributed by atoms with Crippen LogP contribution in [0, 0.1) is 5.92 Å². The van der Waals surface area contributed by atoms with Gasteiger partial charge in [0.25, 0.3) is 0 Å². The first-order valence-electron chi connectivity index (χ1n) is 10.5. The van der Waals surface area contributed by atoms with Gasteiger partial charge in [-0.05, 0) is 31.7 Å². The molecule has 1 aromatic rings. The van der Waals surface area contributed by atoms with Crippen LogP contribution in [0.3, 0.4) is 0 Å². The Labute approximate surface area is 184 Å². The molecule has 0 saturated heterocycles. The third-order valence-corrected chi connectivity index (χ3v) is 4.60. The number of nitrogens with one attached hydrogen (secondary N) is 2. The van der Waals surface area contributed by atoms with Gasteiger partial charge in [-0.1, -0.05) is 42.5 Å². The molecule has 0 saturated carbocycles. The molecule has 7 heteroatoms. The normalized spacial score (nSPS) is 13.4. The molecule has 0 spiro atoms. The first-order chi connectivity index (χ1) is 14.9. The van der Waals surface area contributed by atoms with Gasteiger partial charge in [0, 0.05) is 18.9 Å². The van der Waals surface area contributed by atoms with Gasteiger partial charge in [-0.25, -0.2) is 0 Å². The third kappa shape index (κ3) is 11.1. The molecule has 0 aliphatic rings. The SMILES string of the molecule is C=CCCC(=O)OCC(Cc1ccccc1)NC(=O)C(CC=C)CC(=O)NC(C)CO. The van der Waals surface area contributed by atoms with Crippen molar-refractivity contribution in [3.8, 4) is 0 Å². The lowest BCUT2D eigenvalue weighted by Gasteiger charge is -2.23. The second kappa shape index (κ2) is 15.0. The zero-order chi connectivity index (χ0) is 23.1. The number of rotatable bonds is 15. The predicted octanol–water partition coefficient (Wildman–Crippen LogP) is 2.30. The van der Waals surface area contributed by atoms with E-state index in [0.29, 0.717) is 19.3 Å². The standard InChI is InChI=1S/C24H34N2O5/c1-4-6-13-23(29)31-17-21(14-19-11-8-7-9-12-19)26-24(30)20(10-5-2)15-22(28)25-18(3)16-27/h4-5,7-9,11-12,18,20-21,27H,1-2,6,10,13-17H2,3H3,(H,25,28)(H,26,30). The van der Waals surface area contributed by atoms with E-state index in [-0.39, 0.29) is 49.9 Å². The summed E-state index contributed by atoms with van der Waals surface area (Å²) in [7, 11) is 0. The summed E-state index contributed by atoms with van der Waals surface area (Å²) in [5.41, 5.74) is 0.990. The number of carbonyl (C=O) groups is 3. The molecule has 1 aromatic carbocycles. The maximum Gasteiger partial charge on any atom is 0.306 e. The van der Waals surface area contributed by atoms with E-state index in [1.165, 1.54) is 0 Å². The highest BCUT2D eigenvalue weighted by Gasteiger charge is 2.24. The van der Waals surface area contributed by atoms with Crippen molar-refractivity contribution in [1.29, 1.82) is 0 Å². The molecule has 7 nitrogen and oxygen atoms in total. The molecule has 3 N–H and O–H groups in total. The minimum atomic E-state index is -0.613. The maximum absolute atomic E-state index is 12.9. The Morgan fingerprint density at radius 3 is 2.45 bits per heavy atom. The Morgan fingerprint density at radius 2 is 1.84 bits per heavy atom. The summed E-state index contributed by atoms with van der Waals surface area (Å²) < 4.78 is 5.34. The van der Waals surface area contributed by atoms with Gasteiger partial charge in [0.2, 0.25) is 11.8 Å². The van der Waals surface area contributed by atoms with Crippen LogP contribution < -0.4 is 10.6 Å². The fourth-order valence-corrected chi connectivity index (χ4v) is 2.94. The number of benzene rings is 1. The first kappa shape index (κ1) is 26.1. The van der Waals surface area contributed by atoms with Crippen molar-refractivity contribution < 1.29 is 24.2 Å². The lowest BCUT2D eigenvalue weighted by atomic mass is 9.98. The highest BCUT2D eigenvalue weighted by atomic mass is 16.5. The molecule has 0 aliphatic heterocycles. The highest BCUT2D eigenvalue weighted by molar-refractivity contribution is 5.86. The predicted molar refractivity (Wildman–Crippen MR) is 120 cm³/mol. The van der Waals surface area contributed by atoms with Gasteiger partial charge in [0.15, 0.2) is 0 Å². The molecule has 0 aliphatic carbocycles. The number of allylic oxidation sites excluding steroid dienone is 2. The number of esters is 1. The number of amides is 2. The summed E-state index contributed by atoms with van der Waals surface area (Å²) in [5, 5.41) is 14.7. The fourth-order valence-electron chi connectivity index (χ4n) is 2.94. The van der Waals surface area contributed by atoms with Crippen molar-refractivity contribution in [2.75, 3.05) is 13.2 Å². The van der Waals surface area contributed by atoms with E-state index >= 15 is 0 Å². The molecule has 0 heterocycles. The molecule has 3 unspecified atom stereocenters. The molecular formula is C24H34N2O5. The van der Waals surface area contributed by atoms with E-state index in [4.69, 9.17) is 9.84 Å². The van der Waals surface area contributed by atoms with Gasteiger partial charge >= 0.3 is 5.97 Å². The van der Waals surface area contributed by atoms with Crippen molar-refractivity contribution in [1.82, 2.24) is 10.6 Å². The van der Waals surface area contributed by atoms with Crippen molar-refractivity contribution in [3.05, 3.63) is 61.2 Å². The summed E-state index contributed by atoms with van der Waals surface area (Å²) in [4.78, 5) is 37.0. The summed E-state index contributed by atoms with van der Waals surface area (Å²) >= 11 is 0. The van der Waals surface area contributed by atoms with Crippen LogP contribution in [0.2, 0.25) is 0 Å². The Bertz CT molecular complexity index is 720. The van der Waals surface area contributed by atoms with Crippen molar-refractivity contribution >= 4 is 17.8 Å². The number of hydrogen-bond donors (Lipinski definition) is 3. The zero-order valence-electron chi connectivity index (χ0n) is 18.2. The Morgan fingerprint density at radius 1 is 1.13 bits per heavy atom. The van der Waals surface area contributed by atoms with Crippen molar-refractivity contribution in [3.63, 3.8) is 0 Å². The summed E-state index contributed by atoms with van der Waals surface area (Å²) in [5.74, 6) is -1.60. The van der Waals surface area contributed by atoms with Gasteiger partial charge < -0.3 is 20.5 Å². The molecular weight excluding hydrogens is 396 g/mol. The third-order valence-electron chi connectivity index (χ3n) is 4.60. The van der Waals surface area contributed by atoms with Gasteiger partial charge in [-0.3, -0.25) is 14.4 Å². The molecule has 0 bridgehead atoms. The lowest BCUT2D eigenvalue weighted by molar-refractivity contribution is -0.145. The monoisotopic (exact) mass is 430 g/mol. The van der Waals surface area contributed by atoms with Crippen LogP contribution in [0.1, 0.15) is 38.2 Å². The van der Waals surface area contributed by atoms with E-state index in [0.717, 1.165) is 5.56 Å². The van der Waals surface area contributed by atoms with E-state index in [1.54, 1.807) is 19.1 Å². The molecule has 1 rings (SSSR count). The smallest absolute Gasteiger partial charge is 0.306 e. The largest absolute Gasteiger partial charge is 0.463 e. The minimum absolute atomic E-state index is 0.0284. The van der Waals surface area contributed by atoms with Crippen LogP contribution in [0.4, 0.5) is 0 Å². The van der Waals surface area contributed by atoms with Crippen LogP contribution in [0.25, 0.3) is 0 Å². The van der Waals surface area contributed by atoms with Crippen LogP contribution in [0.5, 0.6) is 0 Å². The minimum Gasteiger partial charge on any atom is -0.463 e. The highest BCUT2D eigenvalue weighted by Crippen LogP contribution is 2.12. The summed E-state index contributed by atoms with van der Waals surface area (Å²) in [6.45, 7) is 8.79. The van der Waals surface area contributed by atoms with Crippen LogP contribution >= 0.6 is 0 Å². The van der Waals surface area contributed by atoms with E-state index in [1.807, 2.05) is 30.3 Å². The Balaban J connectivity index is 2.80. The second-order valence-electron chi connectivity index (χ2n) is 7.48. The van der Waals surface area contributed by atoms with Crippen molar-refractivity contribution in [2.45, 2.75) is 51.1 Å². The summed E-state index contributed by atoms with van der Waals surface area (Å²) in [6, 6.07) is 8.75. The first-order valence-corrected chi connectivity index (χ1v) is 10.5. The molecule has 0 aromatic heterocycles. The second-order valence-corrected chi connectivity index (χ2v) is 7.48. The molecule has 3 atom stereocenters. The van der Waals surface area contributed by atoms with Crippen LogP contribution in [-0.4, -0.2) is 48.2 Å². The Kier molecular flexibility index (Phi) is 12.6. The van der Waals surface area contributed by atoms with E-state index < -0.39 is 12.0 Å². The van der Waals surface area contributed by atoms with Gasteiger partial charge in [-0.15, -0.1) is 13.2 Å². The molecule has 31 heavy (non-hydrogen) atoms.